The van der Waals surface area contributed by atoms with Crippen molar-refractivity contribution in [3.8, 4) is 0 Å². The van der Waals surface area contributed by atoms with Gasteiger partial charge in [0.05, 0.1) is 18.1 Å². The Hall–Kier alpha value is -1.66. The average Bonchev–Trinajstić information content (AvgIpc) is 2.41. The second kappa shape index (κ2) is 9.28. The first-order valence-electron chi connectivity index (χ1n) is 6.70. The third kappa shape index (κ3) is 5.99. The summed E-state index contributed by atoms with van der Waals surface area (Å²) in [5.41, 5.74) is 1.70. The Labute approximate surface area is 119 Å². The number of hydrogen-bond donors (Lipinski definition) is 1. The largest absolute Gasteiger partial charge is 0.382 e. The van der Waals surface area contributed by atoms with Gasteiger partial charge in [-0.3, -0.25) is 10.1 Å². The quantitative estimate of drug-likeness (QED) is 0.406. The van der Waals surface area contributed by atoms with Crippen LogP contribution in [-0.2, 0) is 9.47 Å². The van der Waals surface area contributed by atoms with Gasteiger partial charge in [0.25, 0.3) is 5.69 Å². The summed E-state index contributed by atoms with van der Waals surface area (Å²) in [6.45, 7) is 4.50. The van der Waals surface area contributed by atoms with Gasteiger partial charge in [0, 0.05) is 26.3 Å². The second-order valence-electron chi connectivity index (χ2n) is 4.52. The summed E-state index contributed by atoms with van der Waals surface area (Å²) in [6.07, 6.45) is 1.81. The number of methoxy groups -OCH3 is 1. The van der Waals surface area contributed by atoms with Gasteiger partial charge in [-0.1, -0.05) is 6.07 Å². The Kier molecular flexibility index (Phi) is 7.60. The fourth-order valence-corrected chi connectivity index (χ4v) is 1.75. The summed E-state index contributed by atoms with van der Waals surface area (Å²) < 4.78 is 10.2. The van der Waals surface area contributed by atoms with Gasteiger partial charge in [0.2, 0.25) is 0 Å². The van der Waals surface area contributed by atoms with Gasteiger partial charge in [-0.05, 0) is 31.4 Å². The normalized spacial score (nSPS) is 10.5. The highest BCUT2D eigenvalue weighted by Crippen LogP contribution is 2.25. The van der Waals surface area contributed by atoms with Crippen LogP contribution in [0.1, 0.15) is 18.4 Å². The number of hydrogen-bond acceptors (Lipinski definition) is 5. The van der Waals surface area contributed by atoms with Crippen LogP contribution in [0.3, 0.4) is 0 Å². The van der Waals surface area contributed by atoms with E-state index in [0.717, 1.165) is 18.4 Å². The molecule has 0 bridgehead atoms. The number of nitrogens with zero attached hydrogens (tertiary/aromatic N) is 1. The van der Waals surface area contributed by atoms with Crippen molar-refractivity contribution in [3.63, 3.8) is 0 Å². The van der Waals surface area contributed by atoms with Gasteiger partial charge in [0.15, 0.2) is 0 Å². The Bertz CT molecular complexity index is 424. The molecular weight excluding hydrogens is 260 g/mol. The number of nitro benzene ring substituents is 1. The smallest absolute Gasteiger partial charge is 0.292 e. The van der Waals surface area contributed by atoms with Gasteiger partial charge in [-0.25, -0.2) is 0 Å². The molecule has 1 rings (SSSR count). The number of benzene rings is 1. The van der Waals surface area contributed by atoms with E-state index in [-0.39, 0.29) is 10.6 Å². The molecule has 1 aromatic carbocycles. The molecule has 0 aliphatic carbocycles. The lowest BCUT2D eigenvalue weighted by Crippen LogP contribution is -2.07. The van der Waals surface area contributed by atoms with Crippen LogP contribution >= 0.6 is 0 Å². The highest BCUT2D eigenvalue weighted by molar-refractivity contribution is 5.62. The first-order valence-corrected chi connectivity index (χ1v) is 6.70. The van der Waals surface area contributed by atoms with E-state index >= 15 is 0 Å². The van der Waals surface area contributed by atoms with Crippen LogP contribution < -0.4 is 5.32 Å². The number of anilines is 1. The van der Waals surface area contributed by atoms with E-state index in [9.17, 15) is 10.1 Å². The third-order valence-electron chi connectivity index (χ3n) is 2.81. The fraction of sp³-hybridized carbons (Fsp3) is 0.571. The molecule has 112 valence electrons. The monoisotopic (exact) mass is 282 g/mol. The highest BCUT2D eigenvalue weighted by Gasteiger charge is 2.12. The number of nitro groups is 1. The van der Waals surface area contributed by atoms with Crippen LogP contribution in [0.4, 0.5) is 11.4 Å². The van der Waals surface area contributed by atoms with Gasteiger partial charge >= 0.3 is 0 Å². The molecule has 0 unspecified atom stereocenters. The fourth-order valence-electron chi connectivity index (χ4n) is 1.75. The average molecular weight is 282 g/mol. The molecule has 0 fully saturated rings. The third-order valence-corrected chi connectivity index (χ3v) is 2.81. The zero-order valence-electron chi connectivity index (χ0n) is 12.1. The zero-order chi connectivity index (χ0) is 14.8. The van der Waals surface area contributed by atoms with Crippen LogP contribution in [0.2, 0.25) is 0 Å². The van der Waals surface area contributed by atoms with E-state index in [2.05, 4.69) is 5.32 Å². The molecule has 0 saturated carbocycles. The number of rotatable bonds is 10. The summed E-state index contributed by atoms with van der Waals surface area (Å²) in [6, 6.07) is 5.08. The lowest BCUT2D eigenvalue weighted by Gasteiger charge is -2.08. The van der Waals surface area contributed by atoms with Crippen LogP contribution in [0.5, 0.6) is 0 Å². The molecule has 0 heterocycles. The Morgan fingerprint density at radius 1 is 1.25 bits per heavy atom. The SMILES string of the molecule is COCCOCCCCNc1cc(C)ccc1[N+](=O)[O-]. The summed E-state index contributed by atoms with van der Waals surface area (Å²) in [5, 5.41) is 14.0. The molecule has 20 heavy (non-hydrogen) atoms. The lowest BCUT2D eigenvalue weighted by molar-refractivity contribution is -0.384. The van der Waals surface area contributed by atoms with Crippen LogP contribution in [0.25, 0.3) is 0 Å². The molecule has 6 heteroatoms. The summed E-state index contributed by atoms with van der Waals surface area (Å²) >= 11 is 0. The van der Waals surface area contributed by atoms with E-state index in [1.807, 2.05) is 6.92 Å². The maximum absolute atomic E-state index is 10.9. The second-order valence-corrected chi connectivity index (χ2v) is 4.52. The molecule has 0 saturated heterocycles. The van der Waals surface area contributed by atoms with Crippen molar-refractivity contribution in [2.45, 2.75) is 19.8 Å². The first kappa shape index (κ1) is 16.4. The van der Waals surface area contributed by atoms with Crippen molar-refractivity contribution < 1.29 is 14.4 Å². The molecule has 1 N–H and O–H groups in total. The molecule has 1 aromatic rings. The Morgan fingerprint density at radius 2 is 2.05 bits per heavy atom. The molecule has 0 radical (unpaired) electrons. The minimum absolute atomic E-state index is 0.118. The minimum atomic E-state index is -0.365. The number of aryl methyl sites for hydroxylation is 1. The maximum atomic E-state index is 10.9. The Morgan fingerprint density at radius 3 is 2.75 bits per heavy atom. The highest BCUT2D eigenvalue weighted by atomic mass is 16.6. The molecular formula is C14H22N2O4. The van der Waals surface area contributed by atoms with E-state index < -0.39 is 0 Å². The summed E-state index contributed by atoms with van der Waals surface area (Å²) in [5.74, 6) is 0. The van der Waals surface area contributed by atoms with Gasteiger partial charge in [-0.15, -0.1) is 0 Å². The Balaban J connectivity index is 2.28. The first-order chi connectivity index (χ1) is 9.65. The van der Waals surface area contributed by atoms with E-state index in [4.69, 9.17) is 9.47 Å². The molecule has 0 atom stereocenters. The van der Waals surface area contributed by atoms with Gasteiger partial charge in [-0.2, -0.15) is 0 Å². The topological polar surface area (TPSA) is 73.6 Å². The molecule has 0 amide bonds. The molecule has 0 aliphatic heterocycles. The minimum Gasteiger partial charge on any atom is -0.382 e. The van der Waals surface area contributed by atoms with E-state index in [1.165, 1.54) is 6.07 Å². The predicted molar refractivity (Wildman–Crippen MR) is 78.3 cm³/mol. The molecule has 0 aliphatic rings. The van der Waals surface area contributed by atoms with Crippen LogP contribution in [-0.4, -0.2) is 38.4 Å². The van der Waals surface area contributed by atoms with E-state index in [0.29, 0.717) is 32.1 Å². The number of ether oxygens (including phenoxy) is 2. The standard InChI is InChI=1S/C14H22N2O4/c1-12-5-6-14(16(17)18)13(11-12)15-7-3-4-8-20-10-9-19-2/h5-6,11,15H,3-4,7-10H2,1-2H3. The zero-order valence-corrected chi connectivity index (χ0v) is 12.1. The van der Waals surface area contributed by atoms with Crippen molar-refractivity contribution in [1.82, 2.24) is 0 Å². The van der Waals surface area contributed by atoms with Gasteiger partial charge in [0.1, 0.15) is 5.69 Å². The van der Waals surface area contributed by atoms with Crippen molar-refractivity contribution in [2.75, 3.05) is 38.8 Å². The maximum Gasteiger partial charge on any atom is 0.292 e. The summed E-state index contributed by atoms with van der Waals surface area (Å²) in [7, 11) is 1.64. The van der Waals surface area contributed by atoms with Crippen molar-refractivity contribution in [3.05, 3.63) is 33.9 Å². The van der Waals surface area contributed by atoms with E-state index in [1.54, 1.807) is 19.2 Å². The van der Waals surface area contributed by atoms with Crippen molar-refractivity contribution in [1.29, 1.82) is 0 Å². The molecule has 0 spiro atoms. The number of nitrogens with one attached hydrogen (secondary N) is 1. The van der Waals surface area contributed by atoms with Crippen LogP contribution in [0, 0.1) is 17.0 Å². The predicted octanol–water partition coefficient (Wildman–Crippen LogP) is 2.76. The van der Waals surface area contributed by atoms with Gasteiger partial charge < -0.3 is 14.8 Å². The molecule has 0 aromatic heterocycles. The number of unbranched alkanes of at least 4 members (excludes halogenated alkanes) is 1. The van der Waals surface area contributed by atoms with Crippen molar-refractivity contribution in [2.24, 2.45) is 0 Å². The van der Waals surface area contributed by atoms with Crippen molar-refractivity contribution >= 4 is 11.4 Å². The molecule has 6 nitrogen and oxygen atoms in total. The van der Waals surface area contributed by atoms with Crippen LogP contribution in [0.15, 0.2) is 18.2 Å². The lowest BCUT2D eigenvalue weighted by atomic mass is 10.2. The summed E-state index contributed by atoms with van der Waals surface area (Å²) in [4.78, 5) is 10.5.